The Labute approximate surface area is 98.1 Å². The average Bonchev–Trinajstić information content (AvgIpc) is 2.31. The van der Waals surface area contributed by atoms with Crippen LogP contribution in [0.4, 0.5) is 0 Å². The van der Waals surface area contributed by atoms with E-state index in [2.05, 4.69) is 0 Å². The first-order valence-electron chi connectivity index (χ1n) is 6.20. The van der Waals surface area contributed by atoms with Crippen LogP contribution in [0.5, 0.6) is 0 Å². The second-order valence-electron chi connectivity index (χ2n) is 4.59. The molecular formula is C12H24N2O2. The van der Waals surface area contributed by atoms with E-state index < -0.39 is 0 Å². The van der Waals surface area contributed by atoms with Crippen molar-refractivity contribution in [3.8, 4) is 0 Å². The van der Waals surface area contributed by atoms with Gasteiger partial charge in [0.2, 0.25) is 5.91 Å². The van der Waals surface area contributed by atoms with Crippen LogP contribution < -0.4 is 5.73 Å². The van der Waals surface area contributed by atoms with E-state index in [1.54, 1.807) is 7.11 Å². The lowest BCUT2D eigenvalue weighted by Crippen LogP contribution is -2.45. The summed E-state index contributed by atoms with van der Waals surface area (Å²) in [6, 6.07) is 0. The number of ether oxygens (including phenoxy) is 1. The van der Waals surface area contributed by atoms with Crippen LogP contribution >= 0.6 is 0 Å². The second kappa shape index (κ2) is 6.86. The van der Waals surface area contributed by atoms with Gasteiger partial charge in [-0.1, -0.05) is 6.92 Å². The van der Waals surface area contributed by atoms with Gasteiger partial charge in [0.15, 0.2) is 0 Å². The number of nitrogens with two attached hydrogens (primary N) is 1. The molecule has 0 spiro atoms. The molecular weight excluding hydrogens is 204 g/mol. The predicted molar refractivity (Wildman–Crippen MR) is 64.0 cm³/mol. The van der Waals surface area contributed by atoms with Gasteiger partial charge in [-0.25, -0.2) is 0 Å². The number of rotatable bonds is 5. The maximum Gasteiger partial charge on any atom is 0.226 e. The van der Waals surface area contributed by atoms with E-state index in [0.717, 1.165) is 39.0 Å². The third-order valence-electron chi connectivity index (χ3n) is 3.36. The number of likely N-dealkylation sites (tertiary alicyclic amines) is 1. The van der Waals surface area contributed by atoms with Gasteiger partial charge in [0.1, 0.15) is 0 Å². The highest BCUT2D eigenvalue weighted by Gasteiger charge is 2.27. The number of nitrogens with zero attached hydrogens (tertiary/aromatic N) is 1. The second-order valence-corrected chi connectivity index (χ2v) is 4.59. The Balaban J connectivity index is 2.49. The van der Waals surface area contributed by atoms with Crippen molar-refractivity contribution >= 4 is 5.91 Å². The van der Waals surface area contributed by atoms with Gasteiger partial charge >= 0.3 is 0 Å². The van der Waals surface area contributed by atoms with Crippen LogP contribution in [0.2, 0.25) is 0 Å². The number of carbonyl (C=O) groups is 1. The van der Waals surface area contributed by atoms with E-state index in [4.69, 9.17) is 10.5 Å². The maximum atomic E-state index is 12.1. The van der Waals surface area contributed by atoms with Gasteiger partial charge in [0.25, 0.3) is 0 Å². The Morgan fingerprint density at radius 3 is 2.94 bits per heavy atom. The van der Waals surface area contributed by atoms with Crippen molar-refractivity contribution < 1.29 is 9.53 Å². The molecule has 0 saturated carbocycles. The van der Waals surface area contributed by atoms with E-state index in [1.165, 1.54) is 0 Å². The maximum absolute atomic E-state index is 12.1. The van der Waals surface area contributed by atoms with Crippen molar-refractivity contribution in [1.82, 2.24) is 4.90 Å². The van der Waals surface area contributed by atoms with Crippen LogP contribution in [0, 0.1) is 11.8 Å². The number of amides is 1. The van der Waals surface area contributed by atoms with E-state index in [-0.39, 0.29) is 11.8 Å². The largest absolute Gasteiger partial charge is 0.384 e. The Kier molecular flexibility index (Phi) is 5.77. The molecule has 16 heavy (non-hydrogen) atoms. The van der Waals surface area contributed by atoms with E-state index in [1.807, 2.05) is 11.8 Å². The van der Waals surface area contributed by atoms with Gasteiger partial charge in [0, 0.05) is 26.7 Å². The van der Waals surface area contributed by atoms with Crippen LogP contribution in [0.25, 0.3) is 0 Å². The fraction of sp³-hybridized carbons (Fsp3) is 0.917. The molecule has 0 aromatic carbocycles. The van der Waals surface area contributed by atoms with Gasteiger partial charge in [-0.05, 0) is 25.2 Å². The van der Waals surface area contributed by atoms with Crippen molar-refractivity contribution in [3.05, 3.63) is 0 Å². The monoisotopic (exact) mass is 228 g/mol. The van der Waals surface area contributed by atoms with E-state index >= 15 is 0 Å². The van der Waals surface area contributed by atoms with Crippen LogP contribution in [-0.4, -0.2) is 44.2 Å². The minimum atomic E-state index is 0.00120. The molecule has 1 aliphatic heterocycles. The number of hydrogen-bond acceptors (Lipinski definition) is 3. The number of piperidine rings is 1. The Hall–Kier alpha value is -0.610. The zero-order valence-corrected chi connectivity index (χ0v) is 10.4. The van der Waals surface area contributed by atoms with E-state index in [0.29, 0.717) is 12.5 Å². The third-order valence-corrected chi connectivity index (χ3v) is 3.36. The highest BCUT2D eigenvalue weighted by molar-refractivity contribution is 5.79. The Morgan fingerprint density at radius 1 is 1.62 bits per heavy atom. The average molecular weight is 228 g/mol. The molecule has 94 valence electrons. The first-order valence-corrected chi connectivity index (χ1v) is 6.20. The Morgan fingerprint density at radius 2 is 2.38 bits per heavy atom. The predicted octanol–water partition coefficient (Wildman–Crippen LogP) is 0.856. The van der Waals surface area contributed by atoms with Crippen LogP contribution in [0.3, 0.4) is 0 Å². The molecule has 1 amide bonds. The van der Waals surface area contributed by atoms with Crippen LogP contribution in [0.15, 0.2) is 0 Å². The summed E-state index contributed by atoms with van der Waals surface area (Å²) in [5, 5.41) is 0. The number of hydrogen-bond donors (Lipinski definition) is 1. The van der Waals surface area contributed by atoms with Gasteiger partial charge in [0.05, 0.1) is 12.5 Å². The first-order chi connectivity index (χ1) is 7.72. The van der Waals surface area contributed by atoms with Crippen molar-refractivity contribution in [2.24, 2.45) is 17.6 Å². The molecule has 1 rings (SSSR count). The molecule has 0 aromatic heterocycles. The highest BCUT2D eigenvalue weighted by Crippen LogP contribution is 2.19. The summed E-state index contributed by atoms with van der Waals surface area (Å²) in [6.07, 6.45) is 3.08. The Bertz CT molecular complexity index is 215. The molecule has 2 atom stereocenters. The van der Waals surface area contributed by atoms with Crippen molar-refractivity contribution in [2.75, 3.05) is 33.4 Å². The summed E-state index contributed by atoms with van der Waals surface area (Å²) in [5.74, 6) is 0.727. The fourth-order valence-electron chi connectivity index (χ4n) is 2.34. The van der Waals surface area contributed by atoms with Crippen LogP contribution in [0.1, 0.15) is 26.2 Å². The highest BCUT2D eigenvalue weighted by atomic mass is 16.5. The third kappa shape index (κ3) is 3.46. The lowest BCUT2D eigenvalue weighted by molar-refractivity contribution is -0.137. The summed E-state index contributed by atoms with van der Waals surface area (Å²) < 4.78 is 5.16. The normalized spacial score (nSPS) is 23.2. The SMILES string of the molecule is CCC(CN)C(=O)N1CCCC(COC)C1. The molecule has 2 unspecified atom stereocenters. The molecule has 4 heteroatoms. The van der Waals surface area contributed by atoms with Crippen molar-refractivity contribution in [1.29, 1.82) is 0 Å². The standard InChI is InChI=1S/C12H24N2O2/c1-3-11(7-13)12(15)14-6-4-5-10(8-14)9-16-2/h10-11H,3-9,13H2,1-2H3. The lowest BCUT2D eigenvalue weighted by atomic mass is 9.96. The van der Waals surface area contributed by atoms with E-state index in [9.17, 15) is 4.79 Å². The molecule has 1 fully saturated rings. The zero-order valence-electron chi connectivity index (χ0n) is 10.4. The zero-order chi connectivity index (χ0) is 12.0. The summed E-state index contributed by atoms with van der Waals surface area (Å²) >= 11 is 0. The molecule has 1 aliphatic rings. The van der Waals surface area contributed by atoms with Crippen molar-refractivity contribution in [3.63, 3.8) is 0 Å². The minimum absolute atomic E-state index is 0.00120. The fourth-order valence-corrected chi connectivity index (χ4v) is 2.34. The molecule has 0 aliphatic carbocycles. The summed E-state index contributed by atoms with van der Waals surface area (Å²) in [6.45, 7) is 4.95. The summed E-state index contributed by atoms with van der Waals surface area (Å²) in [4.78, 5) is 14.1. The number of carbonyl (C=O) groups excluding carboxylic acids is 1. The van der Waals surface area contributed by atoms with Crippen molar-refractivity contribution in [2.45, 2.75) is 26.2 Å². The van der Waals surface area contributed by atoms with Crippen LogP contribution in [-0.2, 0) is 9.53 Å². The summed E-state index contributed by atoms with van der Waals surface area (Å²) in [5.41, 5.74) is 5.61. The molecule has 2 N–H and O–H groups in total. The molecule has 1 saturated heterocycles. The quantitative estimate of drug-likeness (QED) is 0.759. The number of methoxy groups -OCH3 is 1. The first kappa shape index (κ1) is 13.5. The smallest absolute Gasteiger partial charge is 0.226 e. The van der Waals surface area contributed by atoms with Gasteiger partial charge < -0.3 is 15.4 Å². The lowest BCUT2D eigenvalue weighted by Gasteiger charge is -2.34. The van der Waals surface area contributed by atoms with Gasteiger partial charge in [-0.3, -0.25) is 4.79 Å². The molecule has 4 nitrogen and oxygen atoms in total. The summed E-state index contributed by atoms with van der Waals surface area (Å²) in [7, 11) is 1.72. The molecule has 0 aromatic rings. The van der Waals surface area contributed by atoms with Gasteiger partial charge in [-0.2, -0.15) is 0 Å². The molecule has 0 bridgehead atoms. The molecule has 0 radical (unpaired) electrons. The van der Waals surface area contributed by atoms with Gasteiger partial charge in [-0.15, -0.1) is 0 Å². The topological polar surface area (TPSA) is 55.6 Å². The molecule has 1 heterocycles. The minimum Gasteiger partial charge on any atom is -0.384 e.